The maximum absolute atomic E-state index is 12.3. The number of nitrogens with two attached hydrogens (primary N) is 1. The van der Waals surface area contributed by atoms with Crippen molar-refractivity contribution in [3.63, 3.8) is 0 Å². The Kier molecular flexibility index (Phi) is 5.99. The van der Waals surface area contributed by atoms with Crippen molar-refractivity contribution in [2.75, 3.05) is 6.54 Å². The first-order chi connectivity index (χ1) is 11.4. The molecule has 1 heterocycles. The predicted molar refractivity (Wildman–Crippen MR) is 83.8 cm³/mol. The molecular weight excluding hydrogens is 316 g/mol. The molecule has 6 N–H and O–H groups in total. The average Bonchev–Trinajstić information content (AvgIpc) is 3.31. The van der Waals surface area contributed by atoms with Crippen LogP contribution >= 0.6 is 0 Å². The zero-order valence-electron chi connectivity index (χ0n) is 13.4. The van der Waals surface area contributed by atoms with Gasteiger partial charge in [-0.2, -0.15) is 0 Å². The average molecular weight is 340 g/mol. The molecule has 1 aliphatic carbocycles. The quantitative estimate of drug-likeness (QED) is 0.396. The molecule has 134 valence electrons. The van der Waals surface area contributed by atoms with Gasteiger partial charge in [0.1, 0.15) is 12.1 Å². The molecule has 2 unspecified atom stereocenters. The van der Waals surface area contributed by atoms with E-state index < -0.39 is 30.0 Å². The Morgan fingerprint density at radius 1 is 1.17 bits per heavy atom. The summed E-state index contributed by atoms with van der Waals surface area (Å²) in [4.78, 5) is 46.6. The highest BCUT2D eigenvalue weighted by Gasteiger charge is 2.34. The van der Waals surface area contributed by atoms with Gasteiger partial charge < -0.3 is 26.8 Å². The standard InChI is InChI=1S/C15H24N4O5/c16-12(20)10(7-9-2-1-5-17-13(9)21)18-14(22)11(19-15(23)24)6-8-3-4-8/h8-11,19H,1-7H2,(H2,16,20)(H,17,21)(H,18,22)(H,23,24)/t9-,10?,11?/m0/s1. The zero-order valence-corrected chi connectivity index (χ0v) is 13.4. The fourth-order valence-electron chi connectivity index (χ4n) is 2.93. The summed E-state index contributed by atoms with van der Waals surface area (Å²) in [5, 5.41) is 16.3. The second-order valence-corrected chi connectivity index (χ2v) is 6.51. The molecule has 24 heavy (non-hydrogen) atoms. The molecule has 0 bridgehead atoms. The van der Waals surface area contributed by atoms with Gasteiger partial charge in [-0.05, 0) is 31.6 Å². The van der Waals surface area contributed by atoms with Gasteiger partial charge in [0.2, 0.25) is 17.7 Å². The Bertz CT molecular complexity index is 520. The highest BCUT2D eigenvalue weighted by Crippen LogP contribution is 2.33. The molecule has 3 atom stereocenters. The van der Waals surface area contributed by atoms with E-state index in [1.54, 1.807) is 0 Å². The number of carbonyl (C=O) groups is 4. The molecule has 0 aromatic carbocycles. The largest absolute Gasteiger partial charge is 0.465 e. The second kappa shape index (κ2) is 7.98. The van der Waals surface area contributed by atoms with E-state index in [2.05, 4.69) is 16.0 Å². The summed E-state index contributed by atoms with van der Waals surface area (Å²) in [5.41, 5.74) is 5.34. The third kappa shape index (κ3) is 5.39. The van der Waals surface area contributed by atoms with E-state index in [9.17, 15) is 19.2 Å². The van der Waals surface area contributed by atoms with E-state index >= 15 is 0 Å². The molecule has 2 fully saturated rings. The van der Waals surface area contributed by atoms with Crippen LogP contribution in [0.3, 0.4) is 0 Å². The monoisotopic (exact) mass is 340 g/mol. The van der Waals surface area contributed by atoms with Crippen LogP contribution in [0.2, 0.25) is 0 Å². The number of hydrogen-bond acceptors (Lipinski definition) is 4. The van der Waals surface area contributed by atoms with Gasteiger partial charge in [-0.3, -0.25) is 14.4 Å². The molecular formula is C15H24N4O5. The Balaban J connectivity index is 1.96. The minimum Gasteiger partial charge on any atom is -0.465 e. The molecule has 4 amide bonds. The fraction of sp³-hybridized carbons (Fsp3) is 0.733. The second-order valence-electron chi connectivity index (χ2n) is 6.51. The molecule has 0 aromatic rings. The van der Waals surface area contributed by atoms with Gasteiger partial charge in [-0.1, -0.05) is 12.8 Å². The number of piperidine rings is 1. The van der Waals surface area contributed by atoms with Crippen molar-refractivity contribution >= 4 is 23.8 Å². The molecule has 0 spiro atoms. The summed E-state index contributed by atoms with van der Waals surface area (Å²) in [7, 11) is 0. The first kappa shape index (κ1) is 18.0. The Morgan fingerprint density at radius 3 is 2.42 bits per heavy atom. The van der Waals surface area contributed by atoms with Crippen LogP contribution in [-0.4, -0.2) is 47.5 Å². The number of nitrogens with one attached hydrogen (secondary N) is 3. The van der Waals surface area contributed by atoms with Crippen molar-refractivity contribution in [1.29, 1.82) is 0 Å². The van der Waals surface area contributed by atoms with Crippen molar-refractivity contribution in [1.82, 2.24) is 16.0 Å². The van der Waals surface area contributed by atoms with E-state index in [0.717, 1.165) is 19.3 Å². The highest BCUT2D eigenvalue weighted by molar-refractivity contribution is 5.91. The summed E-state index contributed by atoms with van der Waals surface area (Å²) >= 11 is 0. The lowest BCUT2D eigenvalue weighted by molar-refractivity contribution is -0.131. The first-order valence-electron chi connectivity index (χ1n) is 8.23. The first-order valence-corrected chi connectivity index (χ1v) is 8.23. The van der Waals surface area contributed by atoms with Gasteiger partial charge in [-0.15, -0.1) is 0 Å². The summed E-state index contributed by atoms with van der Waals surface area (Å²) in [6, 6.07) is -1.92. The van der Waals surface area contributed by atoms with Crippen LogP contribution in [0.25, 0.3) is 0 Å². The Morgan fingerprint density at radius 2 is 1.88 bits per heavy atom. The third-order valence-electron chi connectivity index (χ3n) is 4.46. The van der Waals surface area contributed by atoms with Crippen molar-refractivity contribution < 1.29 is 24.3 Å². The Hall–Kier alpha value is -2.32. The molecule has 9 nitrogen and oxygen atoms in total. The summed E-state index contributed by atoms with van der Waals surface area (Å²) in [5.74, 6) is -1.53. The van der Waals surface area contributed by atoms with Gasteiger partial charge in [0, 0.05) is 12.5 Å². The number of carbonyl (C=O) groups excluding carboxylic acids is 3. The van der Waals surface area contributed by atoms with Crippen molar-refractivity contribution in [3.05, 3.63) is 0 Å². The lowest BCUT2D eigenvalue weighted by atomic mass is 9.91. The maximum atomic E-state index is 12.3. The van der Waals surface area contributed by atoms with E-state index in [-0.39, 0.29) is 18.2 Å². The molecule has 1 saturated heterocycles. The topological polar surface area (TPSA) is 151 Å². The zero-order chi connectivity index (χ0) is 17.7. The molecule has 1 saturated carbocycles. The van der Waals surface area contributed by atoms with E-state index in [1.165, 1.54) is 0 Å². The van der Waals surface area contributed by atoms with E-state index in [0.29, 0.717) is 25.3 Å². The van der Waals surface area contributed by atoms with Crippen LogP contribution < -0.4 is 21.7 Å². The number of primary amides is 1. The van der Waals surface area contributed by atoms with Gasteiger partial charge in [-0.25, -0.2) is 4.79 Å². The summed E-state index contributed by atoms with van der Waals surface area (Å²) in [6.07, 6.45) is 2.59. The molecule has 2 rings (SSSR count). The van der Waals surface area contributed by atoms with Crippen LogP contribution in [0, 0.1) is 11.8 Å². The number of amides is 4. The van der Waals surface area contributed by atoms with Gasteiger partial charge in [0.05, 0.1) is 0 Å². The lowest BCUT2D eigenvalue weighted by Crippen LogP contribution is -2.54. The minimum absolute atomic E-state index is 0.121. The van der Waals surface area contributed by atoms with Crippen LogP contribution in [0.5, 0.6) is 0 Å². The fourth-order valence-corrected chi connectivity index (χ4v) is 2.93. The SMILES string of the molecule is NC(=O)C(C[C@@H]1CCCNC1=O)NC(=O)C(CC1CC1)NC(=O)O. The van der Waals surface area contributed by atoms with Crippen molar-refractivity contribution in [3.8, 4) is 0 Å². The Labute approximate surface area is 139 Å². The third-order valence-corrected chi connectivity index (χ3v) is 4.46. The van der Waals surface area contributed by atoms with Crippen molar-refractivity contribution in [2.24, 2.45) is 17.6 Å². The molecule has 9 heteroatoms. The highest BCUT2D eigenvalue weighted by atomic mass is 16.4. The van der Waals surface area contributed by atoms with Gasteiger partial charge >= 0.3 is 6.09 Å². The molecule has 1 aliphatic heterocycles. The van der Waals surface area contributed by atoms with Crippen LogP contribution in [0.4, 0.5) is 4.79 Å². The summed E-state index contributed by atoms with van der Waals surface area (Å²) in [6.45, 7) is 0.606. The predicted octanol–water partition coefficient (Wildman–Crippen LogP) is -0.691. The number of rotatable bonds is 8. The van der Waals surface area contributed by atoms with Crippen molar-refractivity contribution in [2.45, 2.75) is 50.6 Å². The van der Waals surface area contributed by atoms with Crippen LogP contribution in [0.1, 0.15) is 38.5 Å². The maximum Gasteiger partial charge on any atom is 0.405 e. The molecule has 2 aliphatic rings. The number of hydrogen-bond donors (Lipinski definition) is 5. The van der Waals surface area contributed by atoms with E-state index in [4.69, 9.17) is 10.8 Å². The van der Waals surface area contributed by atoms with Crippen LogP contribution in [0.15, 0.2) is 0 Å². The number of carboxylic acid groups (broad SMARTS) is 1. The molecule has 0 radical (unpaired) electrons. The lowest BCUT2D eigenvalue weighted by Gasteiger charge is -2.26. The van der Waals surface area contributed by atoms with Gasteiger partial charge in [0.25, 0.3) is 0 Å². The van der Waals surface area contributed by atoms with Gasteiger partial charge in [0.15, 0.2) is 0 Å². The van der Waals surface area contributed by atoms with Crippen LogP contribution in [-0.2, 0) is 14.4 Å². The van der Waals surface area contributed by atoms with E-state index in [1.807, 2.05) is 0 Å². The normalized spacial score (nSPS) is 22.8. The molecule has 0 aromatic heterocycles. The minimum atomic E-state index is -1.29. The summed E-state index contributed by atoms with van der Waals surface area (Å²) < 4.78 is 0. The smallest absolute Gasteiger partial charge is 0.405 e.